The van der Waals surface area contributed by atoms with Gasteiger partial charge in [0.25, 0.3) is 10.0 Å². The third-order valence-electron chi connectivity index (χ3n) is 5.00. The monoisotopic (exact) mass is 392 g/mol. The largest absolute Gasteiger partial charge is 0.496 e. The number of benzene rings is 1. The lowest BCUT2D eigenvalue weighted by molar-refractivity contribution is 0.00578. The van der Waals surface area contributed by atoms with Crippen molar-refractivity contribution in [1.29, 1.82) is 0 Å². The van der Waals surface area contributed by atoms with Gasteiger partial charge in [0, 0.05) is 11.7 Å². The molecule has 1 aromatic heterocycles. The number of sulfonamides is 1. The maximum absolute atomic E-state index is 13.1. The Hall–Kier alpha value is -1.97. The fraction of sp³-hybridized carbons (Fsp3) is 0.389. The lowest BCUT2D eigenvalue weighted by atomic mass is 9.80. The smallest absolute Gasteiger partial charge is 0.399 e. The summed E-state index contributed by atoms with van der Waals surface area (Å²) < 4.78 is 52.7. The highest BCUT2D eigenvalue weighted by atomic mass is 32.2. The van der Waals surface area contributed by atoms with Crippen LogP contribution in [-0.4, -0.2) is 31.7 Å². The minimum absolute atomic E-state index is 0.0377. The van der Waals surface area contributed by atoms with E-state index in [1.807, 2.05) is 27.7 Å². The van der Waals surface area contributed by atoms with Gasteiger partial charge in [-0.1, -0.05) is 0 Å². The topological polar surface area (TPSA) is 77.5 Å². The minimum Gasteiger partial charge on any atom is -0.399 e. The predicted octanol–water partition coefficient (Wildman–Crippen LogP) is 2.63. The summed E-state index contributed by atoms with van der Waals surface area (Å²) >= 11 is 0. The zero-order valence-electron chi connectivity index (χ0n) is 15.9. The molecule has 6 nitrogen and oxygen atoms in total. The van der Waals surface area contributed by atoms with Crippen molar-refractivity contribution in [2.45, 2.75) is 50.7 Å². The highest BCUT2D eigenvalue weighted by Gasteiger charge is 2.51. The molecule has 0 atom stereocenters. The van der Waals surface area contributed by atoms with Crippen molar-refractivity contribution in [1.82, 2.24) is 4.98 Å². The van der Waals surface area contributed by atoms with Gasteiger partial charge in [-0.15, -0.1) is 0 Å². The Balaban J connectivity index is 1.90. The number of aromatic nitrogens is 1. The molecule has 0 bridgehead atoms. The first-order valence-corrected chi connectivity index (χ1v) is 10.0. The van der Waals surface area contributed by atoms with E-state index in [2.05, 4.69) is 9.71 Å². The second kappa shape index (κ2) is 6.58. The molecule has 1 aliphatic heterocycles. The Bertz CT molecular complexity index is 946. The van der Waals surface area contributed by atoms with Crippen LogP contribution in [0.4, 0.5) is 10.1 Å². The molecule has 0 aliphatic carbocycles. The number of aryl methyl sites for hydroxylation is 1. The summed E-state index contributed by atoms with van der Waals surface area (Å²) in [6.45, 7) is 9.44. The van der Waals surface area contributed by atoms with Crippen LogP contribution >= 0.6 is 0 Å². The maximum Gasteiger partial charge on any atom is 0.496 e. The SMILES string of the molecule is Cc1ncc(B2OC(C)(C)C(C)(C)O2)cc1NS(=O)(=O)c1ccc(F)cc1. The number of anilines is 1. The Labute approximate surface area is 159 Å². The van der Waals surface area contributed by atoms with Crippen LogP contribution in [0.25, 0.3) is 0 Å². The van der Waals surface area contributed by atoms with E-state index in [1.165, 1.54) is 12.1 Å². The van der Waals surface area contributed by atoms with Crippen LogP contribution in [0, 0.1) is 12.7 Å². The third-order valence-corrected chi connectivity index (χ3v) is 6.38. The Morgan fingerprint density at radius 1 is 1.07 bits per heavy atom. The molecule has 0 saturated carbocycles. The molecule has 1 aliphatic rings. The Morgan fingerprint density at radius 2 is 1.63 bits per heavy atom. The molecule has 0 radical (unpaired) electrons. The van der Waals surface area contributed by atoms with Crippen LogP contribution in [0.3, 0.4) is 0 Å². The number of hydrogen-bond donors (Lipinski definition) is 1. The summed E-state index contributed by atoms with van der Waals surface area (Å²) in [6, 6.07) is 6.25. The molecule has 2 heterocycles. The number of rotatable bonds is 4. The predicted molar refractivity (Wildman–Crippen MR) is 102 cm³/mol. The summed E-state index contributed by atoms with van der Waals surface area (Å²) in [6.07, 6.45) is 1.60. The van der Waals surface area contributed by atoms with E-state index in [9.17, 15) is 12.8 Å². The molecule has 1 fully saturated rings. The van der Waals surface area contributed by atoms with Gasteiger partial charge in [-0.05, 0) is 65.0 Å². The second-order valence-corrected chi connectivity index (χ2v) is 9.23. The second-order valence-electron chi connectivity index (χ2n) is 7.55. The summed E-state index contributed by atoms with van der Waals surface area (Å²) in [5.41, 5.74) is 0.385. The fourth-order valence-electron chi connectivity index (χ4n) is 2.58. The summed E-state index contributed by atoms with van der Waals surface area (Å²) in [4.78, 5) is 4.23. The number of hydrogen-bond acceptors (Lipinski definition) is 5. The highest BCUT2D eigenvalue weighted by molar-refractivity contribution is 7.92. The number of nitrogens with one attached hydrogen (secondary N) is 1. The molecule has 1 aromatic carbocycles. The molecule has 9 heteroatoms. The first kappa shape index (κ1) is 19.8. The van der Waals surface area contributed by atoms with E-state index < -0.39 is 34.2 Å². The summed E-state index contributed by atoms with van der Waals surface area (Å²) in [7, 11) is -4.53. The third kappa shape index (κ3) is 3.85. The van der Waals surface area contributed by atoms with Gasteiger partial charge in [0.15, 0.2) is 0 Å². The number of pyridine rings is 1. The quantitative estimate of drug-likeness (QED) is 0.810. The van der Waals surface area contributed by atoms with Gasteiger partial charge in [0.1, 0.15) is 5.82 Å². The molecule has 1 N–H and O–H groups in total. The van der Waals surface area contributed by atoms with E-state index in [-0.39, 0.29) is 4.90 Å². The lowest BCUT2D eigenvalue weighted by Gasteiger charge is -2.32. The first-order chi connectivity index (χ1) is 12.4. The number of halogens is 1. The molecule has 0 amide bonds. The van der Waals surface area contributed by atoms with Gasteiger partial charge in [0.2, 0.25) is 0 Å². The van der Waals surface area contributed by atoms with Crippen LogP contribution < -0.4 is 10.2 Å². The molecule has 1 saturated heterocycles. The zero-order valence-corrected chi connectivity index (χ0v) is 16.7. The van der Waals surface area contributed by atoms with E-state index in [1.54, 1.807) is 19.2 Å². The van der Waals surface area contributed by atoms with Gasteiger partial charge in [-0.25, -0.2) is 12.8 Å². The molecule has 0 unspecified atom stereocenters. The van der Waals surface area contributed by atoms with E-state index in [4.69, 9.17) is 9.31 Å². The van der Waals surface area contributed by atoms with Crippen molar-refractivity contribution in [2.24, 2.45) is 0 Å². The molecule has 0 spiro atoms. The van der Waals surface area contributed by atoms with Crippen molar-refractivity contribution in [3.63, 3.8) is 0 Å². The van der Waals surface area contributed by atoms with Crippen LogP contribution in [0.15, 0.2) is 41.4 Å². The molecule has 144 valence electrons. The van der Waals surface area contributed by atoms with Crippen molar-refractivity contribution in [2.75, 3.05) is 4.72 Å². The van der Waals surface area contributed by atoms with Crippen LogP contribution in [0.1, 0.15) is 33.4 Å². The van der Waals surface area contributed by atoms with E-state index in [0.717, 1.165) is 12.1 Å². The van der Waals surface area contributed by atoms with Gasteiger partial charge < -0.3 is 9.31 Å². The van der Waals surface area contributed by atoms with Crippen LogP contribution in [0.5, 0.6) is 0 Å². The van der Waals surface area contributed by atoms with Gasteiger partial charge in [-0.2, -0.15) is 0 Å². The van der Waals surface area contributed by atoms with E-state index >= 15 is 0 Å². The molecular weight excluding hydrogens is 370 g/mol. The average molecular weight is 392 g/mol. The van der Waals surface area contributed by atoms with Crippen LogP contribution in [-0.2, 0) is 19.3 Å². The van der Waals surface area contributed by atoms with Gasteiger partial charge in [0.05, 0.1) is 27.5 Å². The van der Waals surface area contributed by atoms with Gasteiger partial charge in [-0.3, -0.25) is 9.71 Å². The fourth-order valence-corrected chi connectivity index (χ4v) is 3.69. The molecule has 27 heavy (non-hydrogen) atoms. The highest BCUT2D eigenvalue weighted by Crippen LogP contribution is 2.36. The van der Waals surface area contributed by atoms with Crippen molar-refractivity contribution >= 4 is 28.3 Å². The molecule has 2 aromatic rings. The maximum atomic E-state index is 13.1. The average Bonchev–Trinajstić information content (AvgIpc) is 2.78. The zero-order chi connectivity index (χ0) is 20.0. The van der Waals surface area contributed by atoms with E-state index in [0.29, 0.717) is 16.8 Å². The minimum atomic E-state index is -3.88. The molecular formula is C18H22BFN2O4S. The lowest BCUT2D eigenvalue weighted by Crippen LogP contribution is -2.41. The molecule has 3 rings (SSSR count). The normalized spacial score (nSPS) is 18.5. The number of nitrogens with zero attached hydrogens (tertiary/aromatic N) is 1. The van der Waals surface area contributed by atoms with Crippen molar-refractivity contribution in [3.8, 4) is 0 Å². The van der Waals surface area contributed by atoms with Crippen molar-refractivity contribution in [3.05, 3.63) is 48.0 Å². The van der Waals surface area contributed by atoms with Crippen molar-refractivity contribution < 1.29 is 22.1 Å². The standard InChI is InChI=1S/C18H22BFN2O4S/c1-12-16(22-27(23,24)15-8-6-14(20)7-9-15)10-13(11-21-12)19-25-17(2,3)18(4,5)26-19/h6-11,22H,1-5H3. The van der Waals surface area contributed by atoms with Crippen LogP contribution in [0.2, 0.25) is 0 Å². The Morgan fingerprint density at radius 3 is 2.19 bits per heavy atom. The Kier molecular flexibility index (Phi) is 4.82. The first-order valence-electron chi connectivity index (χ1n) is 8.52. The summed E-state index contributed by atoms with van der Waals surface area (Å²) in [5.74, 6) is -0.505. The van der Waals surface area contributed by atoms with Gasteiger partial charge >= 0.3 is 7.12 Å². The summed E-state index contributed by atoms with van der Waals surface area (Å²) in [5, 5.41) is 0.